The highest BCUT2D eigenvalue weighted by molar-refractivity contribution is 9.10. The minimum atomic E-state index is 0.193. The summed E-state index contributed by atoms with van der Waals surface area (Å²) in [6.45, 7) is 0. The molecule has 0 unspecified atom stereocenters. The van der Waals surface area contributed by atoms with Gasteiger partial charge in [-0.1, -0.05) is 15.9 Å². The van der Waals surface area contributed by atoms with Gasteiger partial charge in [0.2, 0.25) is 0 Å². The number of ketones is 1. The molecule has 0 fully saturated rings. The van der Waals surface area contributed by atoms with Crippen molar-refractivity contribution in [3.63, 3.8) is 0 Å². The van der Waals surface area contributed by atoms with Gasteiger partial charge in [-0.2, -0.15) is 0 Å². The summed E-state index contributed by atoms with van der Waals surface area (Å²) < 4.78 is 6.17. The summed E-state index contributed by atoms with van der Waals surface area (Å²) in [5, 5.41) is 0. The van der Waals surface area contributed by atoms with Gasteiger partial charge in [0.15, 0.2) is 5.78 Å². The highest BCUT2D eigenvalue weighted by Crippen LogP contribution is 2.32. The Labute approximate surface area is 130 Å². The fourth-order valence-corrected chi connectivity index (χ4v) is 4.12. The zero-order chi connectivity index (χ0) is 14.1. The number of Topliss-reactive ketones (excluding diaryl/α,β-unsaturated/α-hetero) is 1. The van der Waals surface area contributed by atoms with E-state index in [1.807, 2.05) is 18.2 Å². The van der Waals surface area contributed by atoms with Crippen molar-refractivity contribution in [2.24, 2.45) is 0 Å². The van der Waals surface area contributed by atoms with Gasteiger partial charge in [-0.15, -0.1) is 11.3 Å². The molecule has 0 spiro atoms. The smallest absolute Gasteiger partial charge is 0.177 e. The number of carbonyl (C=O) groups is 1. The molecule has 0 atom stereocenters. The summed E-state index contributed by atoms with van der Waals surface area (Å²) in [7, 11) is 1.64. The van der Waals surface area contributed by atoms with Crippen molar-refractivity contribution in [3.05, 3.63) is 49.6 Å². The molecule has 1 aromatic heterocycles. The van der Waals surface area contributed by atoms with Gasteiger partial charge in [-0.3, -0.25) is 4.79 Å². The van der Waals surface area contributed by atoms with Gasteiger partial charge in [0.25, 0.3) is 0 Å². The van der Waals surface area contributed by atoms with E-state index in [-0.39, 0.29) is 5.78 Å². The van der Waals surface area contributed by atoms with Crippen molar-refractivity contribution < 1.29 is 9.53 Å². The van der Waals surface area contributed by atoms with Crippen LogP contribution in [0.1, 0.15) is 32.1 Å². The Morgan fingerprint density at radius 2 is 2.20 bits per heavy atom. The number of hydrogen-bond acceptors (Lipinski definition) is 3. The monoisotopic (exact) mass is 350 g/mol. The van der Waals surface area contributed by atoms with Crippen LogP contribution in [0, 0.1) is 0 Å². The number of fused-ring (bicyclic) bond motifs is 1. The molecule has 1 aliphatic rings. The maximum atomic E-state index is 12.4. The van der Waals surface area contributed by atoms with Crippen LogP contribution in [-0.2, 0) is 19.3 Å². The third-order valence-electron chi connectivity index (χ3n) is 3.63. The van der Waals surface area contributed by atoms with Gasteiger partial charge >= 0.3 is 0 Å². The molecule has 0 aliphatic heterocycles. The van der Waals surface area contributed by atoms with Crippen molar-refractivity contribution in [1.82, 2.24) is 0 Å². The summed E-state index contributed by atoms with van der Waals surface area (Å²) in [5.41, 5.74) is 2.35. The zero-order valence-corrected chi connectivity index (χ0v) is 13.6. The second-order valence-electron chi connectivity index (χ2n) is 4.97. The van der Waals surface area contributed by atoms with Gasteiger partial charge < -0.3 is 4.74 Å². The second kappa shape index (κ2) is 5.70. The zero-order valence-electron chi connectivity index (χ0n) is 11.2. The molecule has 4 heteroatoms. The molecule has 0 bridgehead atoms. The molecule has 1 aliphatic carbocycles. The molecule has 1 heterocycles. The highest BCUT2D eigenvalue weighted by atomic mass is 79.9. The first kappa shape index (κ1) is 13.8. The van der Waals surface area contributed by atoms with Gasteiger partial charge in [0, 0.05) is 15.8 Å². The van der Waals surface area contributed by atoms with E-state index in [2.05, 4.69) is 22.0 Å². The largest absolute Gasteiger partial charge is 0.497 e. The topological polar surface area (TPSA) is 26.3 Å². The van der Waals surface area contributed by atoms with E-state index in [1.165, 1.54) is 16.9 Å². The van der Waals surface area contributed by atoms with Crippen molar-refractivity contribution in [1.29, 1.82) is 0 Å². The first-order chi connectivity index (χ1) is 9.67. The Balaban J connectivity index is 1.81. The first-order valence-corrected chi connectivity index (χ1v) is 8.25. The summed E-state index contributed by atoms with van der Waals surface area (Å²) in [6.07, 6.45) is 3.91. The number of hydrogen-bond donors (Lipinski definition) is 0. The number of aryl methyl sites for hydroxylation is 2. The molecule has 104 valence electrons. The molecule has 2 aromatic rings. The molecule has 1 aromatic carbocycles. The normalized spacial score (nSPS) is 13.3. The lowest BCUT2D eigenvalue weighted by Crippen LogP contribution is -2.02. The van der Waals surface area contributed by atoms with Crippen LogP contribution in [0.5, 0.6) is 5.75 Å². The SMILES string of the molecule is COc1ccc(Br)c(CC(=O)c2cc3c(s2)CCC3)c1. The quantitative estimate of drug-likeness (QED) is 0.762. The summed E-state index contributed by atoms with van der Waals surface area (Å²) >= 11 is 5.17. The maximum absolute atomic E-state index is 12.4. The van der Waals surface area contributed by atoms with Crippen molar-refractivity contribution in [2.45, 2.75) is 25.7 Å². The molecule has 0 N–H and O–H groups in total. The molecule has 0 saturated heterocycles. The minimum absolute atomic E-state index is 0.193. The predicted molar refractivity (Wildman–Crippen MR) is 85.1 cm³/mol. The van der Waals surface area contributed by atoms with Crippen LogP contribution in [-0.4, -0.2) is 12.9 Å². The fourth-order valence-electron chi connectivity index (χ4n) is 2.54. The number of methoxy groups -OCH3 is 1. The fraction of sp³-hybridized carbons (Fsp3) is 0.312. The lowest BCUT2D eigenvalue weighted by Gasteiger charge is -2.06. The molecule has 0 saturated carbocycles. The van der Waals surface area contributed by atoms with E-state index in [9.17, 15) is 4.79 Å². The average molecular weight is 351 g/mol. The van der Waals surface area contributed by atoms with E-state index in [0.29, 0.717) is 6.42 Å². The van der Waals surface area contributed by atoms with Crippen LogP contribution < -0.4 is 4.74 Å². The van der Waals surface area contributed by atoms with E-state index in [4.69, 9.17) is 4.74 Å². The third-order valence-corrected chi connectivity index (χ3v) is 5.68. The van der Waals surface area contributed by atoms with Crippen LogP contribution in [0.4, 0.5) is 0 Å². The van der Waals surface area contributed by atoms with E-state index < -0.39 is 0 Å². The third kappa shape index (κ3) is 2.67. The molecule has 2 nitrogen and oxygen atoms in total. The van der Waals surface area contributed by atoms with Crippen LogP contribution in [0.2, 0.25) is 0 Å². The molecular formula is C16H15BrO2S. The standard InChI is InChI=1S/C16H15BrO2S/c1-19-12-5-6-13(17)11(7-12)8-14(18)16-9-10-3-2-4-15(10)20-16/h5-7,9H,2-4,8H2,1H3. The number of rotatable bonds is 4. The van der Waals surface area contributed by atoms with E-state index in [0.717, 1.165) is 33.5 Å². The van der Waals surface area contributed by atoms with Crippen molar-refractivity contribution in [3.8, 4) is 5.75 Å². The lowest BCUT2D eigenvalue weighted by molar-refractivity contribution is 0.0996. The van der Waals surface area contributed by atoms with Crippen molar-refractivity contribution >= 4 is 33.0 Å². The van der Waals surface area contributed by atoms with E-state index in [1.54, 1.807) is 18.4 Å². The van der Waals surface area contributed by atoms with Gasteiger partial charge in [-0.05, 0) is 54.7 Å². The molecule has 0 amide bonds. The lowest BCUT2D eigenvalue weighted by atomic mass is 10.1. The van der Waals surface area contributed by atoms with Gasteiger partial charge in [-0.25, -0.2) is 0 Å². The number of benzene rings is 1. The Bertz CT molecular complexity index is 639. The second-order valence-corrected chi connectivity index (χ2v) is 6.96. The molecule has 20 heavy (non-hydrogen) atoms. The number of carbonyl (C=O) groups excluding carboxylic acids is 1. The van der Waals surface area contributed by atoms with Gasteiger partial charge in [0.05, 0.1) is 12.0 Å². The number of ether oxygens (including phenoxy) is 1. The Hall–Kier alpha value is -1.13. The first-order valence-electron chi connectivity index (χ1n) is 6.64. The number of thiophene rings is 1. The molecule has 3 rings (SSSR count). The molecular weight excluding hydrogens is 336 g/mol. The van der Waals surface area contributed by atoms with Gasteiger partial charge in [0.1, 0.15) is 5.75 Å². The van der Waals surface area contributed by atoms with Crippen LogP contribution in [0.3, 0.4) is 0 Å². The predicted octanol–water partition coefficient (Wildman–Crippen LogP) is 4.43. The summed E-state index contributed by atoms with van der Waals surface area (Å²) in [4.78, 5) is 14.7. The van der Waals surface area contributed by atoms with Crippen molar-refractivity contribution in [2.75, 3.05) is 7.11 Å². The van der Waals surface area contributed by atoms with E-state index >= 15 is 0 Å². The Kier molecular flexibility index (Phi) is 3.94. The molecule has 0 radical (unpaired) electrons. The average Bonchev–Trinajstić information content (AvgIpc) is 3.02. The Morgan fingerprint density at radius 1 is 1.35 bits per heavy atom. The van der Waals surface area contributed by atoms with Crippen LogP contribution in [0.25, 0.3) is 0 Å². The summed E-state index contributed by atoms with van der Waals surface area (Å²) in [6, 6.07) is 7.82. The van der Waals surface area contributed by atoms with Crippen LogP contribution in [0.15, 0.2) is 28.7 Å². The van der Waals surface area contributed by atoms with Crippen LogP contribution >= 0.6 is 27.3 Å². The minimum Gasteiger partial charge on any atom is -0.497 e. The number of halogens is 1. The highest BCUT2D eigenvalue weighted by Gasteiger charge is 2.19. The Morgan fingerprint density at radius 3 is 2.95 bits per heavy atom. The maximum Gasteiger partial charge on any atom is 0.177 e. The summed E-state index contributed by atoms with van der Waals surface area (Å²) in [5.74, 6) is 0.975.